The van der Waals surface area contributed by atoms with Crippen LogP contribution in [0, 0.1) is 5.82 Å². The van der Waals surface area contributed by atoms with Crippen molar-refractivity contribution in [1.29, 1.82) is 0 Å². The number of rotatable bonds is 6. The van der Waals surface area contributed by atoms with E-state index in [1.807, 2.05) is 0 Å². The van der Waals surface area contributed by atoms with Gasteiger partial charge in [-0.15, -0.1) is 5.10 Å². The van der Waals surface area contributed by atoms with E-state index in [2.05, 4.69) is 15.0 Å². The van der Waals surface area contributed by atoms with Crippen molar-refractivity contribution in [3.05, 3.63) is 36.4 Å². The van der Waals surface area contributed by atoms with Crippen molar-refractivity contribution in [2.24, 2.45) is 0 Å². The summed E-state index contributed by atoms with van der Waals surface area (Å²) in [5, 5.41) is 7.40. The van der Waals surface area contributed by atoms with Gasteiger partial charge in [0, 0.05) is 19.3 Å². The number of nitrogens with one attached hydrogen (secondary N) is 1. The molecule has 0 aliphatic carbocycles. The standard InChI is InChI=1S/C11H14FN5O2S/c12-9-2-3-11(10(13)8-9)20(18,19)15-4-1-6-17-7-5-14-16-17/h2-3,5,7-8,15H,1,4,6,13H2. The summed E-state index contributed by atoms with van der Waals surface area (Å²) >= 11 is 0. The minimum Gasteiger partial charge on any atom is -0.398 e. The van der Waals surface area contributed by atoms with Gasteiger partial charge in [0.25, 0.3) is 0 Å². The lowest BCUT2D eigenvalue weighted by atomic mass is 10.3. The molecule has 0 aliphatic heterocycles. The van der Waals surface area contributed by atoms with Gasteiger partial charge in [-0.25, -0.2) is 17.5 Å². The molecule has 108 valence electrons. The van der Waals surface area contributed by atoms with E-state index in [-0.39, 0.29) is 17.1 Å². The van der Waals surface area contributed by atoms with Gasteiger partial charge in [-0.1, -0.05) is 5.21 Å². The minimum atomic E-state index is -3.74. The number of hydrogen-bond acceptors (Lipinski definition) is 5. The fourth-order valence-corrected chi connectivity index (χ4v) is 2.83. The highest BCUT2D eigenvalue weighted by Crippen LogP contribution is 2.18. The van der Waals surface area contributed by atoms with Gasteiger partial charge in [0.1, 0.15) is 10.7 Å². The maximum Gasteiger partial charge on any atom is 0.242 e. The lowest BCUT2D eigenvalue weighted by molar-refractivity contribution is 0.542. The molecule has 0 bridgehead atoms. The van der Waals surface area contributed by atoms with E-state index in [0.717, 1.165) is 18.2 Å². The molecule has 0 amide bonds. The highest BCUT2D eigenvalue weighted by Gasteiger charge is 2.17. The Kier molecular flexibility index (Phi) is 4.30. The molecule has 3 N–H and O–H groups in total. The van der Waals surface area contributed by atoms with Crippen LogP contribution in [0.2, 0.25) is 0 Å². The molecule has 0 unspecified atom stereocenters. The first-order valence-corrected chi connectivity index (χ1v) is 7.36. The van der Waals surface area contributed by atoms with Crippen molar-refractivity contribution in [1.82, 2.24) is 19.7 Å². The van der Waals surface area contributed by atoms with Gasteiger partial charge in [0.05, 0.1) is 11.9 Å². The van der Waals surface area contributed by atoms with Crippen LogP contribution in [0.25, 0.3) is 0 Å². The summed E-state index contributed by atoms with van der Waals surface area (Å²) in [6.45, 7) is 0.764. The monoisotopic (exact) mass is 299 g/mol. The lowest BCUT2D eigenvalue weighted by Crippen LogP contribution is -2.26. The SMILES string of the molecule is Nc1cc(F)ccc1S(=O)(=O)NCCCn1ccnn1. The van der Waals surface area contributed by atoms with E-state index in [1.54, 1.807) is 17.1 Å². The Balaban J connectivity index is 1.93. The summed E-state index contributed by atoms with van der Waals surface area (Å²) in [4.78, 5) is -0.125. The number of hydrogen-bond donors (Lipinski definition) is 2. The van der Waals surface area contributed by atoms with Crippen molar-refractivity contribution in [2.75, 3.05) is 12.3 Å². The first-order chi connectivity index (χ1) is 9.49. The van der Waals surface area contributed by atoms with E-state index in [0.29, 0.717) is 13.0 Å². The first kappa shape index (κ1) is 14.4. The van der Waals surface area contributed by atoms with Crippen molar-refractivity contribution in [2.45, 2.75) is 17.9 Å². The second-order valence-electron chi connectivity index (χ2n) is 4.10. The summed E-state index contributed by atoms with van der Waals surface area (Å²) in [7, 11) is -3.74. The molecule has 2 aromatic rings. The Hall–Kier alpha value is -2.00. The number of nitrogen functional groups attached to an aromatic ring is 1. The summed E-state index contributed by atoms with van der Waals surface area (Å²) in [5.74, 6) is -0.576. The van der Waals surface area contributed by atoms with Gasteiger partial charge in [0.15, 0.2) is 0 Å². The van der Waals surface area contributed by atoms with E-state index in [9.17, 15) is 12.8 Å². The molecule has 20 heavy (non-hydrogen) atoms. The van der Waals surface area contributed by atoms with Crippen molar-refractivity contribution >= 4 is 15.7 Å². The predicted octanol–water partition coefficient (Wildman–Crippen LogP) is 0.368. The zero-order chi connectivity index (χ0) is 14.6. The number of benzene rings is 1. The number of anilines is 1. The predicted molar refractivity (Wildman–Crippen MR) is 70.6 cm³/mol. The van der Waals surface area contributed by atoms with Gasteiger partial charge >= 0.3 is 0 Å². The Labute approximate surface area is 115 Å². The number of aryl methyl sites for hydroxylation is 1. The zero-order valence-corrected chi connectivity index (χ0v) is 11.3. The normalized spacial score (nSPS) is 11.7. The van der Waals surface area contributed by atoms with Crippen LogP contribution in [-0.4, -0.2) is 30.0 Å². The molecule has 1 aromatic heterocycles. The van der Waals surface area contributed by atoms with Gasteiger partial charge in [0.2, 0.25) is 10.0 Å². The highest BCUT2D eigenvalue weighted by molar-refractivity contribution is 7.89. The van der Waals surface area contributed by atoms with Crippen LogP contribution in [0.15, 0.2) is 35.5 Å². The van der Waals surface area contributed by atoms with E-state index in [4.69, 9.17) is 5.73 Å². The average molecular weight is 299 g/mol. The smallest absolute Gasteiger partial charge is 0.242 e. The van der Waals surface area contributed by atoms with Crippen LogP contribution in [0.1, 0.15) is 6.42 Å². The second-order valence-corrected chi connectivity index (χ2v) is 5.83. The molecule has 0 radical (unpaired) electrons. The molecule has 1 heterocycles. The summed E-state index contributed by atoms with van der Waals surface area (Å²) in [6.07, 6.45) is 3.78. The number of sulfonamides is 1. The molecule has 1 aromatic carbocycles. The number of nitrogens with two attached hydrogens (primary N) is 1. The van der Waals surface area contributed by atoms with Crippen LogP contribution in [0.3, 0.4) is 0 Å². The van der Waals surface area contributed by atoms with Crippen LogP contribution in [0.5, 0.6) is 0 Å². The summed E-state index contributed by atoms with van der Waals surface area (Å²) < 4.78 is 40.8. The van der Waals surface area contributed by atoms with E-state index >= 15 is 0 Å². The molecule has 0 spiro atoms. The fraction of sp³-hybridized carbons (Fsp3) is 0.273. The molecule has 9 heteroatoms. The number of aromatic nitrogens is 3. The van der Waals surface area contributed by atoms with E-state index in [1.165, 1.54) is 0 Å². The Bertz CT molecular complexity index is 672. The quantitative estimate of drug-likeness (QED) is 0.592. The van der Waals surface area contributed by atoms with Gasteiger partial charge < -0.3 is 5.73 Å². The molecule has 0 aliphatic rings. The van der Waals surface area contributed by atoms with Gasteiger partial charge in [-0.2, -0.15) is 0 Å². The molecule has 0 atom stereocenters. The second kappa shape index (κ2) is 5.97. The molecule has 0 saturated heterocycles. The number of halogens is 1. The maximum atomic E-state index is 12.9. The zero-order valence-electron chi connectivity index (χ0n) is 10.5. The highest BCUT2D eigenvalue weighted by atomic mass is 32.2. The Morgan fingerprint density at radius 2 is 2.20 bits per heavy atom. The molecule has 2 rings (SSSR count). The molecule has 0 fully saturated rings. The van der Waals surface area contributed by atoms with E-state index < -0.39 is 15.8 Å². The van der Waals surface area contributed by atoms with Crippen LogP contribution in [0.4, 0.5) is 10.1 Å². The average Bonchev–Trinajstić information content (AvgIpc) is 2.87. The third-order valence-corrected chi connectivity index (χ3v) is 4.12. The fourth-order valence-electron chi connectivity index (χ4n) is 1.64. The molecular formula is C11H14FN5O2S. The largest absolute Gasteiger partial charge is 0.398 e. The van der Waals surface area contributed by atoms with Gasteiger partial charge in [-0.3, -0.25) is 4.68 Å². The first-order valence-electron chi connectivity index (χ1n) is 5.88. The van der Waals surface area contributed by atoms with Crippen LogP contribution in [-0.2, 0) is 16.6 Å². The summed E-state index contributed by atoms with van der Waals surface area (Å²) in [6, 6.07) is 3.18. The number of nitrogens with zero attached hydrogens (tertiary/aromatic N) is 3. The minimum absolute atomic E-state index is 0.117. The topological polar surface area (TPSA) is 103 Å². The third-order valence-electron chi connectivity index (χ3n) is 2.59. The van der Waals surface area contributed by atoms with Gasteiger partial charge in [-0.05, 0) is 24.6 Å². The Morgan fingerprint density at radius 3 is 2.85 bits per heavy atom. The molecule has 7 nitrogen and oxygen atoms in total. The lowest BCUT2D eigenvalue weighted by Gasteiger charge is -2.09. The van der Waals surface area contributed by atoms with Crippen LogP contribution >= 0.6 is 0 Å². The van der Waals surface area contributed by atoms with Crippen molar-refractivity contribution in [3.63, 3.8) is 0 Å². The van der Waals surface area contributed by atoms with Crippen molar-refractivity contribution in [3.8, 4) is 0 Å². The van der Waals surface area contributed by atoms with Crippen LogP contribution < -0.4 is 10.5 Å². The molecular weight excluding hydrogens is 285 g/mol. The Morgan fingerprint density at radius 1 is 1.40 bits per heavy atom. The van der Waals surface area contributed by atoms with Crippen molar-refractivity contribution < 1.29 is 12.8 Å². The maximum absolute atomic E-state index is 12.9. The summed E-state index contributed by atoms with van der Waals surface area (Å²) in [5.41, 5.74) is 5.39. The third kappa shape index (κ3) is 3.52. The molecule has 0 saturated carbocycles.